The van der Waals surface area contributed by atoms with Crippen molar-refractivity contribution in [2.24, 2.45) is 11.8 Å². The van der Waals surface area contributed by atoms with Crippen LogP contribution < -0.4 is 5.32 Å². The van der Waals surface area contributed by atoms with Crippen molar-refractivity contribution in [3.05, 3.63) is 0 Å². The molecule has 0 amide bonds. The van der Waals surface area contributed by atoms with Gasteiger partial charge in [-0.2, -0.15) is 0 Å². The molecule has 0 radical (unpaired) electrons. The second-order valence-corrected chi connectivity index (χ2v) is 6.44. The van der Waals surface area contributed by atoms with E-state index in [4.69, 9.17) is 0 Å². The highest BCUT2D eigenvalue weighted by molar-refractivity contribution is 4.76. The van der Waals surface area contributed by atoms with Crippen LogP contribution in [-0.2, 0) is 0 Å². The van der Waals surface area contributed by atoms with Crippen LogP contribution in [0.25, 0.3) is 0 Å². The Kier molecular flexibility index (Phi) is 5.30. The Labute approximate surface area is 107 Å². The predicted octanol–water partition coefficient (Wildman–Crippen LogP) is 2.89. The molecule has 3 atom stereocenters. The topological polar surface area (TPSA) is 15.3 Å². The van der Waals surface area contributed by atoms with E-state index in [9.17, 15) is 0 Å². The zero-order valence-electron chi connectivity index (χ0n) is 11.8. The van der Waals surface area contributed by atoms with Gasteiger partial charge in [0.15, 0.2) is 0 Å². The minimum Gasteiger partial charge on any atom is -0.314 e. The van der Waals surface area contributed by atoms with Crippen LogP contribution in [0.4, 0.5) is 0 Å². The lowest BCUT2D eigenvalue weighted by atomic mass is 9.82. The molecule has 17 heavy (non-hydrogen) atoms. The first-order valence-corrected chi connectivity index (χ1v) is 7.70. The smallest absolute Gasteiger partial charge is 0.00509 e. The second kappa shape index (κ2) is 6.75. The molecule has 0 aromatic rings. The Morgan fingerprint density at radius 2 is 1.94 bits per heavy atom. The molecule has 0 aromatic carbocycles. The third-order valence-corrected chi connectivity index (χ3v) is 4.58. The van der Waals surface area contributed by atoms with Gasteiger partial charge in [-0.25, -0.2) is 0 Å². The molecule has 2 aliphatic rings. The van der Waals surface area contributed by atoms with Gasteiger partial charge in [-0.3, -0.25) is 0 Å². The van der Waals surface area contributed by atoms with Gasteiger partial charge in [0, 0.05) is 12.6 Å². The molecule has 0 aromatic heterocycles. The lowest BCUT2D eigenvalue weighted by molar-refractivity contribution is 0.165. The van der Waals surface area contributed by atoms with E-state index in [2.05, 4.69) is 24.1 Å². The van der Waals surface area contributed by atoms with E-state index in [0.29, 0.717) is 6.04 Å². The minimum absolute atomic E-state index is 0.711. The molecule has 1 N–H and O–H groups in total. The molecule has 3 unspecified atom stereocenters. The number of nitrogens with one attached hydrogen (secondary N) is 1. The lowest BCUT2D eigenvalue weighted by Crippen LogP contribution is -2.40. The van der Waals surface area contributed by atoms with Crippen LogP contribution in [0.15, 0.2) is 0 Å². The van der Waals surface area contributed by atoms with Crippen molar-refractivity contribution in [2.75, 3.05) is 26.2 Å². The summed E-state index contributed by atoms with van der Waals surface area (Å²) >= 11 is 0. The first-order chi connectivity index (χ1) is 8.24. The first kappa shape index (κ1) is 13.4. The van der Waals surface area contributed by atoms with Crippen LogP contribution in [0.5, 0.6) is 0 Å². The number of rotatable bonds is 2. The lowest BCUT2D eigenvalue weighted by Gasteiger charge is -2.34. The molecule has 2 rings (SSSR count). The van der Waals surface area contributed by atoms with Gasteiger partial charge in [0.05, 0.1) is 0 Å². The third kappa shape index (κ3) is 4.59. The molecule has 1 saturated carbocycles. The van der Waals surface area contributed by atoms with Crippen LogP contribution in [0.3, 0.4) is 0 Å². The summed E-state index contributed by atoms with van der Waals surface area (Å²) in [6, 6.07) is 0.711. The number of hydrogen-bond donors (Lipinski definition) is 1. The van der Waals surface area contributed by atoms with Crippen molar-refractivity contribution in [3.8, 4) is 0 Å². The molecule has 1 aliphatic heterocycles. The van der Waals surface area contributed by atoms with E-state index in [0.717, 1.165) is 11.8 Å². The Hall–Kier alpha value is -0.0800. The summed E-state index contributed by atoms with van der Waals surface area (Å²) in [7, 11) is 0. The van der Waals surface area contributed by atoms with E-state index >= 15 is 0 Å². The zero-order valence-corrected chi connectivity index (χ0v) is 11.8. The van der Waals surface area contributed by atoms with Gasteiger partial charge in [-0.05, 0) is 64.1 Å². The molecular weight excluding hydrogens is 208 g/mol. The normalized spacial score (nSPS) is 37.4. The van der Waals surface area contributed by atoms with Gasteiger partial charge >= 0.3 is 0 Å². The maximum absolute atomic E-state index is 3.59. The molecule has 2 nitrogen and oxygen atoms in total. The van der Waals surface area contributed by atoms with E-state index in [-0.39, 0.29) is 0 Å². The standard InChI is InChI=1S/C15H30N2/c1-13-5-3-6-15(11-13)12-17-9-4-8-16-14(2)7-10-17/h13-16H,3-12H2,1-2H3. The average molecular weight is 238 g/mol. The molecule has 2 heteroatoms. The second-order valence-electron chi connectivity index (χ2n) is 6.44. The fourth-order valence-electron chi connectivity index (χ4n) is 3.51. The van der Waals surface area contributed by atoms with E-state index in [1.54, 1.807) is 0 Å². The fourth-order valence-corrected chi connectivity index (χ4v) is 3.51. The molecule has 100 valence electrons. The summed E-state index contributed by atoms with van der Waals surface area (Å²) < 4.78 is 0. The third-order valence-electron chi connectivity index (χ3n) is 4.58. The van der Waals surface area contributed by atoms with Crippen molar-refractivity contribution in [1.29, 1.82) is 0 Å². The number of nitrogens with zero attached hydrogens (tertiary/aromatic N) is 1. The van der Waals surface area contributed by atoms with Gasteiger partial charge in [0.1, 0.15) is 0 Å². The zero-order chi connectivity index (χ0) is 12.1. The largest absolute Gasteiger partial charge is 0.314 e. The number of hydrogen-bond acceptors (Lipinski definition) is 2. The first-order valence-electron chi connectivity index (χ1n) is 7.70. The molecule has 1 heterocycles. The minimum atomic E-state index is 0.711. The molecule has 1 aliphatic carbocycles. The Morgan fingerprint density at radius 1 is 1.06 bits per heavy atom. The van der Waals surface area contributed by atoms with Crippen molar-refractivity contribution >= 4 is 0 Å². The van der Waals surface area contributed by atoms with Gasteiger partial charge < -0.3 is 10.2 Å². The quantitative estimate of drug-likeness (QED) is 0.796. The van der Waals surface area contributed by atoms with Crippen LogP contribution in [-0.4, -0.2) is 37.1 Å². The van der Waals surface area contributed by atoms with Crippen molar-refractivity contribution in [2.45, 2.75) is 58.4 Å². The average Bonchev–Trinajstić information content (AvgIpc) is 2.28. The van der Waals surface area contributed by atoms with E-state index in [1.165, 1.54) is 64.7 Å². The monoisotopic (exact) mass is 238 g/mol. The summed E-state index contributed by atoms with van der Waals surface area (Å²) in [5, 5.41) is 3.59. The van der Waals surface area contributed by atoms with Crippen molar-refractivity contribution in [3.63, 3.8) is 0 Å². The van der Waals surface area contributed by atoms with Gasteiger partial charge in [0.25, 0.3) is 0 Å². The van der Waals surface area contributed by atoms with Crippen LogP contribution in [0.1, 0.15) is 52.4 Å². The van der Waals surface area contributed by atoms with Gasteiger partial charge in [0.2, 0.25) is 0 Å². The van der Waals surface area contributed by atoms with Crippen molar-refractivity contribution < 1.29 is 0 Å². The highest BCUT2D eigenvalue weighted by atomic mass is 15.1. The Morgan fingerprint density at radius 3 is 2.76 bits per heavy atom. The maximum atomic E-state index is 3.59. The van der Waals surface area contributed by atoms with Gasteiger partial charge in [-0.1, -0.05) is 19.8 Å². The molecular formula is C15H30N2. The molecule has 0 spiro atoms. The van der Waals surface area contributed by atoms with E-state index in [1.807, 2.05) is 0 Å². The highest BCUT2D eigenvalue weighted by Gasteiger charge is 2.21. The SMILES string of the molecule is CC1CCCC(CN2CCCNC(C)CC2)C1. The Balaban J connectivity index is 1.76. The molecule has 2 fully saturated rings. The molecule has 0 bridgehead atoms. The highest BCUT2D eigenvalue weighted by Crippen LogP contribution is 2.29. The van der Waals surface area contributed by atoms with Crippen LogP contribution in [0, 0.1) is 11.8 Å². The summed E-state index contributed by atoms with van der Waals surface area (Å²) in [6.45, 7) is 9.96. The van der Waals surface area contributed by atoms with Crippen LogP contribution in [0.2, 0.25) is 0 Å². The van der Waals surface area contributed by atoms with Gasteiger partial charge in [-0.15, -0.1) is 0 Å². The Bertz CT molecular complexity index is 217. The summed E-state index contributed by atoms with van der Waals surface area (Å²) in [4.78, 5) is 2.74. The van der Waals surface area contributed by atoms with Crippen LogP contribution >= 0.6 is 0 Å². The fraction of sp³-hybridized carbons (Fsp3) is 1.00. The summed E-state index contributed by atoms with van der Waals surface area (Å²) in [6.07, 6.45) is 8.54. The van der Waals surface area contributed by atoms with E-state index < -0.39 is 0 Å². The summed E-state index contributed by atoms with van der Waals surface area (Å²) in [5.41, 5.74) is 0. The molecule has 1 saturated heterocycles. The predicted molar refractivity (Wildman–Crippen MR) is 74.3 cm³/mol. The summed E-state index contributed by atoms with van der Waals surface area (Å²) in [5.74, 6) is 1.96. The van der Waals surface area contributed by atoms with Crippen molar-refractivity contribution in [1.82, 2.24) is 10.2 Å². The maximum Gasteiger partial charge on any atom is 0.00509 e.